The number of halogens is 3. The first-order chi connectivity index (χ1) is 9.88. The van der Waals surface area contributed by atoms with Crippen molar-refractivity contribution in [2.24, 2.45) is 0 Å². The van der Waals surface area contributed by atoms with Crippen LogP contribution in [0, 0.1) is 13.8 Å². The molecule has 0 aliphatic rings. The molecule has 0 unspecified atom stereocenters. The molecule has 0 aliphatic heterocycles. The first-order valence-corrected chi connectivity index (χ1v) is 6.80. The second-order valence-electron chi connectivity index (χ2n) is 5.19. The predicted molar refractivity (Wildman–Crippen MR) is 77.9 cm³/mol. The van der Waals surface area contributed by atoms with Gasteiger partial charge >= 0.3 is 6.18 Å². The number of nitrogens with one attached hydrogen (secondary N) is 1. The van der Waals surface area contributed by atoms with Gasteiger partial charge in [0, 0.05) is 13.1 Å². The first kappa shape index (κ1) is 15.6. The SMILES string of the molecule is Cc1ccc(CNCc2ccccc2C(F)(F)F)c(C)c1. The Morgan fingerprint density at radius 3 is 2.24 bits per heavy atom. The Labute approximate surface area is 122 Å². The molecule has 0 saturated heterocycles. The van der Waals surface area contributed by atoms with Crippen molar-refractivity contribution in [1.82, 2.24) is 5.32 Å². The fourth-order valence-corrected chi connectivity index (χ4v) is 2.33. The molecule has 0 aliphatic carbocycles. The maximum Gasteiger partial charge on any atom is 0.416 e. The van der Waals surface area contributed by atoms with E-state index in [1.807, 2.05) is 26.0 Å². The summed E-state index contributed by atoms with van der Waals surface area (Å²) in [6, 6.07) is 11.8. The van der Waals surface area contributed by atoms with E-state index < -0.39 is 11.7 Å². The maximum atomic E-state index is 12.9. The van der Waals surface area contributed by atoms with E-state index in [-0.39, 0.29) is 12.1 Å². The predicted octanol–water partition coefficient (Wildman–Crippen LogP) is 4.61. The average molecular weight is 293 g/mol. The Morgan fingerprint density at radius 2 is 1.57 bits per heavy atom. The zero-order chi connectivity index (χ0) is 15.5. The van der Waals surface area contributed by atoms with E-state index in [0.29, 0.717) is 6.54 Å². The Balaban J connectivity index is 2.04. The van der Waals surface area contributed by atoms with Crippen molar-refractivity contribution in [3.8, 4) is 0 Å². The average Bonchev–Trinajstić information content (AvgIpc) is 2.41. The summed E-state index contributed by atoms with van der Waals surface area (Å²) >= 11 is 0. The van der Waals surface area contributed by atoms with Crippen molar-refractivity contribution >= 4 is 0 Å². The van der Waals surface area contributed by atoms with Crippen LogP contribution in [0.1, 0.15) is 27.8 Å². The molecule has 112 valence electrons. The first-order valence-electron chi connectivity index (χ1n) is 6.80. The molecule has 0 fully saturated rings. The normalized spacial score (nSPS) is 11.7. The zero-order valence-electron chi connectivity index (χ0n) is 12.1. The van der Waals surface area contributed by atoms with Crippen molar-refractivity contribution in [2.45, 2.75) is 33.1 Å². The molecule has 0 radical (unpaired) electrons. The van der Waals surface area contributed by atoms with E-state index in [1.54, 1.807) is 6.07 Å². The molecule has 2 aromatic carbocycles. The molecule has 1 nitrogen and oxygen atoms in total. The summed E-state index contributed by atoms with van der Waals surface area (Å²) in [6.07, 6.45) is -4.31. The molecule has 2 aromatic rings. The van der Waals surface area contributed by atoms with Gasteiger partial charge in [0.1, 0.15) is 0 Å². The van der Waals surface area contributed by atoms with Gasteiger partial charge in [-0.1, -0.05) is 42.0 Å². The molecule has 0 spiro atoms. The van der Waals surface area contributed by atoms with Crippen LogP contribution in [0.3, 0.4) is 0 Å². The quantitative estimate of drug-likeness (QED) is 0.868. The molecule has 0 bridgehead atoms. The monoisotopic (exact) mass is 293 g/mol. The largest absolute Gasteiger partial charge is 0.416 e. The van der Waals surface area contributed by atoms with Crippen LogP contribution in [0.25, 0.3) is 0 Å². The van der Waals surface area contributed by atoms with Crippen LogP contribution < -0.4 is 5.32 Å². The van der Waals surface area contributed by atoms with E-state index in [9.17, 15) is 13.2 Å². The number of hydrogen-bond acceptors (Lipinski definition) is 1. The fraction of sp³-hybridized carbons (Fsp3) is 0.294. The Hall–Kier alpha value is -1.81. The van der Waals surface area contributed by atoms with Gasteiger partial charge in [0.15, 0.2) is 0 Å². The van der Waals surface area contributed by atoms with Crippen molar-refractivity contribution in [1.29, 1.82) is 0 Å². The van der Waals surface area contributed by atoms with Gasteiger partial charge in [-0.2, -0.15) is 13.2 Å². The molecule has 0 aromatic heterocycles. The van der Waals surface area contributed by atoms with Gasteiger partial charge in [-0.25, -0.2) is 0 Å². The molecule has 21 heavy (non-hydrogen) atoms. The third kappa shape index (κ3) is 4.08. The van der Waals surface area contributed by atoms with Gasteiger partial charge in [0.05, 0.1) is 5.56 Å². The summed E-state index contributed by atoms with van der Waals surface area (Å²) in [5, 5.41) is 3.09. The van der Waals surface area contributed by atoms with Gasteiger partial charge in [0.25, 0.3) is 0 Å². The van der Waals surface area contributed by atoms with Crippen LogP contribution in [-0.4, -0.2) is 0 Å². The topological polar surface area (TPSA) is 12.0 Å². The van der Waals surface area contributed by atoms with Crippen LogP contribution >= 0.6 is 0 Å². The second-order valence-corrected chi connectivity index (χ2v) is 5.19. The van der Waals surface area contributed by atoms with Crippen LogP contribution in [0.4, 0.5) is 13.2 Å². The lowest BCUT2D eigenvalue weighted by Crippen LogP contribution is -2.17. The van der Waals surface area contributed by atoms with Crippen molar-refractivity contribution in [3.63, 3.8) is 0 Å². The number of aryl methyl sites for hydroxylation is 2. The second kappa shape index (κ2) is 6.31. The molecule has 4 heteroatoms. The summed E-state index contributed by atoms with van der Waals surface area (Å²) in [6.45, 7) is 4.78. The van der Waals surface area contributed by atoms with Gasteiger partial charge in [-0.3, -0.25) is 0 Å². The van der Waals surface area contributed by atoms with Crippen LogP contribution in [0.2, 0.25) is 0 Å². The number of rotatable bonds is 4. The lowest BCUT2D eigenvalue weighted by atomic mass is 10.0. The Kier molecular flexibility index (Phi) is 4.68. The zero-order valence-corrected chi connectivity index (χ0v) is 12.1. The number of benzene rings is 2. The van der Waals surface area contributed by atoms with Gasteiger partial charge < -0.3 is 5.32 Å². The van der Waals surface area contributed by atoms with E-state index >= 15 is 0 Å². The summed E-state index contributed by atoms with van der Waals surface area (Å²) < 4.78 is 38.6. The van der Waals surface area contributed by atoms with Crippen LogP contribution in [0.5, 0.6) is 0 Å². The minimum Gasteiger partial charge on any atom is -0.309 e. The third-order valence-corrected chi connectivity index (χ3v) is 3.45. The summed E-state index contributed by atoms with van der Waals surface area (Å²) in [7, 11) is 0. The molecular formula is C17H18F3N. The van der Waals surface area contributed by atoms with Gasteiger partial charge in [-0.15, -0.1) is 0 Å². The molecule has 0 atom stereocenters. The molecule has 0 amide bonds. The molecular weight excluding hydrogens is 275 g/mol. The minimum atomic E-state index is -4.31. The summed E-state index contributed by atoms with van der Waals surface area (Å²) in [4.78, 5) is 0. The van der Waals surface area contributed by atoms with Crippen molar-refractivity contribution in [3.05, 3.63) is 70.3 Å². The highest BCUT2D eigenvalue weighted by atomic mass is 19.4. The molecule has 0 saturated carbocycles. The number of alkyl halides is 3. The standard InChI is InChI=1S/C17H18F3N/c1-12-7-8-14(13(2)9-12)10-21-11-15-5-3-4-6-16(15)17(18,19)20/h3-9,21H,10-11H2,1-2H3. The Bertz CT molecular complexity index is 618. The summed E-state index contributed by atoms with van der Waals surface area (Å²) in [5.74, 6) is 0. The van der Waals surface area contributed by atoms with Crippen molar-refractivity contribution in [2.75, 3.05) is 0 Å². The Morgan fingerprint density at radius 1 is 0.905 bits per heavy atom. The third-order valence-electron chi connectivity index (χ3n) is 3.45. The van der Waals surface area contributed by atoms with Crippen LogP contribution in [-0.2, 0) is 19.3 Å². The van der Waals surface area contributed by atoms with Gasteiger partial charge in [-0.05, 0) is 36.6 Å². The van der Waals surface area contributed by atoms with Crippen molar-refractivity contribution < 1.29 is 13.2 Å². The lowest BCUT2D eigenvalue weighted by molar-refractivity contribution is -0.138. The fourth-order valence-electron chi connectivity index (χ4n) is 2.33. The highest BCUT2D eigenvalue weighted by Crippen LogP contribution is 2.31. The highest BCUT2D eigenvalue weighted by molar-refractivity contribution is 5.31. The van der Waals surface area contributed by atoms with E-state index in [4.69, 9.17) is 0 Å². The molecule has 0 heterocycles. The molecule has 2 rings (SSSR count). The maximum absolute atomic E-state index is 12.9. The van der Waals surface area contributed by atoms with E-state index in [2.05, 4.69) is 11.4 Å². The molecule has 1 N–H and O–H groups in total. The minimum absolute atomic E-state index is 0.197. The lowest BCUT2D eigenvalue weighted by Gasteiger charge is -2.14. The highest BCUT2D eigenvalue weighted by Gasteiger charge is 2.32. The van der Waals surface area contributed by atoms with E-state index in [1.165, 1.54) is 17.7 Å². The summed E-state index contributed by atoms with van der Waals surface area (Å²) in [5.41, 5.74) is 3.13. The van der Waals surface area contributed by atoms with Gasteiger partial charge in [0.2, 0.25) is 0 Å². The smallest absolute Gasteiger partial charge is 0.309 e. The van der Waals surface area contributed by atoms with Crippen LogP contribution in [0.15, 0.2) is 42.5 Å². The number of hydrogen-bond donors (Lipinski definition) is 1. The van der Waals surface area contributed by atoms with E-state index in [0.717, 1.165) is 17.2 Å².